The van der Waals surface area contributed by atoms with E-state index in [1.807, 2.05) is 6.07 Å². The first-order valence-electron chi connectivity index (χ1n) is 5.00. The van der Waals surface area contributed by atoms with Crippen molar-refractivity contribution in [2.75, 3.05) is 5.73 Å². The van der Waals surface area contributed by atoms with Crippen LogP contribution >= 0.6 is 11.6 Å². The van der Waals surface area contributed by atoms with E-state index in [1.54, 1.807) is 24.3 Å². The number of benzene rings is 1. The summed E-state index contributed by atoms with van der Waals surface area (Å²) in [6.07, 6.45) is 1.48. The van der Waals surface area contributed by atoms with Crippen LogP contribution in [0.2, 0.25) is 5.22 Å². The lowest BCUT2D eigenvalue weighted by Gasteiger charge is -2.02. The number of hydrogen-bond donors (Lipinski definition) is 1. The number of anilines is 1. The molecule has 2 heterocycles. The molecular formula is C12H8ClN3O. The molecule has 0 unspecified atom stereocenters. The van der Waals surface area contributed by atoms with Crippen molar-refractivity contribution in [1.82, 2.24) is 9.97 Å². The molecule has 0 fully saturated rings. The third-order valence-corrected chi connectivity index (χ3v) is 2.67. The van der Waals surface area contributed by atoms with Crippen LogP contribution in [-0.2, 0) is 0 Å². The SMILES string of the molecule is Nc1ccc2c(-c3ccc(Cl)o3)ncnc2c1. The van der Waals surface area contributed by atoms with Crippen molar-refractivity contribution in [3.05, 3.63) is 41.9 Å². The first-order valence-corrected chi connectivity index (χ1v) is 5.38. The molecule has 0 saturated heterocycles. The van der Waals surface area contributed by atoms with Gasteiger partial charge in [-0.1, -0.05) is 0 Å². The van der Waals surface area contributed by atoms with E-state index in [-0.39, 0.29) is 0 Å². The highest BCUT2D eigenvalue weighted by atomic mass is 35.5. The zero-order valence-electron chi connectivity index (χ0n) is 8.72. The van der Waals surface area contributed by atoms with Gasteiger partial charge in [0.2, 0.25) is 0 Å². The van der Waals surface area contributed by atoms with E-state index in [2.05, 4.69) is 9.97 Å². The lowest BCUT2D eigenvalue weighted by molar-refractivity contribution is 0.582. The smallest absolute Gasteiger partial charge is 0.194 e. The molecule has 0 aliphatic heterocycles. The average Bonchev–Trinajstić information content (AvgIpc) is 2.74. The summed E-state index contributed by atoms with van der Waals surface area (Å²) in [6.45, 7) is 0. The van der Waals surface area contributed by atoms with Gasteiger partial charge in [0.15, 0.2) is 11.0 Å². The minimum absolute atomic E-state index is 0.335. The fourth-order valence-electron chi connectivity index (χ4n) is 1.71. The normalized spacial score (nSPS) is 10.9. The van der Waals surface area contributed by atoms with Crippen molar-refractivity contribution in [3.8, 4) is 11.5 Å². The highest BCUT2D eigenvalue weighted by molar-refractivity contribution is 6.29. The minimum Gasteiger partial charge on any atom is -0.443 e. The second kappa shape index (κ2) is 3.75. The van der Waals surface area contributed by atoms with Crippen LogP contribution in [0, 0.1) is 0 Å². The zero-order valence-corrected chi connectivity index (χ0v) is 9.48. The second-order valence-electron chi connectivity index (χ2n) is 3.60. The van der Waals surface area contributed by atoms with Gasteiger partial charge >= 0.3 is 0 Å². The Morgan fingerprint density at radius 3 is 2.76 bits per heavy atom. The highest BCUT2D eigenvalue weighted by Crippen LogP contribution is 2.29. The summed E-state index contributed by atoms with van der Waals surface area (Å²) in [7, 11) is 0. The number of nitrogens with two attached hydrogens (primary N) is 1. The molecule has 5 heteroatoms. The van der Waals surface area contributed by atoms with E-state index < -0.39 is 0 Å². The molecule has 4 nitrogen and oxygen atoms in total. The first-order chi connectivity index (χ1) is 8.24. The summed E-state index contributed by atoms with van der Waals surface area (Å²) in [4.78, 5) is 8.39. The molecule has 2 N–H and O–H groups in total. The molecule has 0 saturated carbocycles. The summed E-state index contributed by atoms with van der Waals surface area (Å²) < 4.78 is 5.35. The molecule has 84 valence electrons. The van der Waals surface area contributed by atoms with E-state index >= 15 is 0 Å². The number of hydrogen-bond acceptors (Lipinski definition) is 4. The van der Waals surface area contributed by atoms with Crippen molar-refractivity contribution in [1.29, 1.82) is 0 Å². The third-order valence-electron chi connectivity index (χ3n) is 2.47. The van der Waals surface area contributed by atoms with Crippen LogP contribution in [0.1, 0.15) is 0 Å². The molecule has 2 aromatic heterocycles. The number of aromatic nitrogens is 2. The van der Waals surface area contributed by atoms with Gasteiger partial charge in [0, 0.05) is 11.1 Å². The van der Waals surface area contributed by atoms with Crippen molar-refractivity contribution in [2.24, 2.45) is 0 Å². The number of halogens is 1. The standard InChI is InChI=1S/C12H8ClN3O/c13-11-4-3-10(17-11)12-8-2-1-7(14)5-9(8)15-6-16-12/h1-6H,14H2. The zero-order chi connectivity index (χ0) is 11.8. The summed E-state index contributed by atoms with van der Waals surface area (Å²) in [5, 5.41) is 1.22. The minimum atomic E-state index is 0.335. The van der Waals surface area contributed by atoms with Crippen LogP contribution in [0.25, 0.3) is 22.4 Å². The molecule has 0 atom stereocenters. The molecule has 3 aromatic rings. The lowest BCUT2D eigenvalue weighted by atomic mass is 10.1. The van der Waals surface area contributed by atoms with Crippen molar-refractivity contribution < 1.29 is 4.42 Å². The van der Waals surface area contributed by atoms with Crippen LogP contribution in [-0.4, -0.2) is 9.97 Å². The average molecular weight is 246 g/mol. The van der Waals surface area contributed by atoms with Gasteiger partial charge in [0.1, 0.15) is 12.0 Å². The van der Waals surface area contributed by atoms with Gasteiger partial charge in [0.25, 0.3) is 0 Å². The molecule has 0 aliphatic carbocycles. The summed E-state index contributed by atoms with van der Waals surface area (Å²) in [6, 6.07) is 8.93. The quantitative estimate of drug-likeness (QED) is 0.669. The number of fused-ring (bicyclic) bond motifs is 1. The maximum atomic E-state index is 5.76. The molecule has 0 aliphatic rings. The fourth-order valence-corrected chi connectivity index (χ4v) is 1.86. The predicted octanol–water partition coefficient (Wildman–Crippen LogP) is 3.13. The Bertz CT molecular complexity index is 693. The van der Waals surface area contributed by atoms with Gasteiger partial charge in [-0.2, -0.15) is 0 Å². The maximum absolute atomic E-state index is 5.76. The fraction of sp³-hybridized carbons (Fsp3) is 0. The van der Waals surface area contributed by atoms with Gasteiger partial charge in [-0.25, -0.2) is 9.97 Å². The largest absolute Gasteiger partial charge is 0.443 e. The Hall–Kier alpha value is -2.07. The molecule has 0 radical (unpaired) electrons. The molecule has 3 rings (SSSR count). The first kappa shape index (κ1) is 10.1. The highest BCUT2D eigenvalue weighted by Gasteiger charge is 2.10. The van der Waals surface area contributed by atoms with Crippen molar-refractivity contribution in [3.63, 3.8) is 0 Å². The Balaban J connectivity index is 2.30. The second-order valence-corrected chi connectivity index (χ2v) is 3.98. The van der Waals surface area contributed by atoms with Gasteiger partial charge in [-0.05, 0) is 41.9 Å². The third kappa shape index (κ3) is 1.72. The predicted molar refractivity (Wildman–Crippen MR) is 66.7 cm³/mol. The lowest BCUT2D eigenvalue weighted by Crippen LogP contribution is -1.90. The summed E-state index contributed by atoms with van der Waals surface area (Å²) in [5.41, 5.74) is 7.87. The van der Waals surface area contributed by atoms with E-state index in [1.165, 1.54) is 6.33 Å². The monoisotopic (exact) mass is 245 g/mol. The van der Waals surface area contributed by atoms with Crippen molar-refractivity contribution >= 4 is 28.2 Å². The molecule has 0 bridgehead atoms. The van der Waals surface area contributed by atoms with Crippen LogP contribution < -0.4 is 5.73 Å². The van der Waals surface area contributed by atoms with E-state index in [9.17, 15) is 0 Å². The van der Waals surface area contributed by atoms with E-state index in [0.717, 1.165) is 10.9 Å². The Morgan fingerprint density at radius 2 is 2.00 bits per heavy atom. The van der Waals surface area contributed by atoms with Crippen LogP contribution in [0.15, 0.2) is 41.1 Å². The van der Waals surface area contributed by atoms with Gasteiger partial charge in [-0.15, -0.1) is 0 Å². The summed E-state index contributed by atoms with van der Waals surface area (Å²) in [5.74, 6) is 0.618. The molecule has 0 spiro atoms. The molecule has 1 aromatic carbocycles. The van der Waals surface area contributed by atoms with Crippen LogP contribution in [0.3, 0.4) is 0 Å². The molecule has 17 heavy (non-hydrogen) atoms. The maximum Gasteiger partial charge on any atom is 0.194 e. The molecule has 0 amide bonds. The van der Waals surface area contributed by atoms with Gasteiger partial charge < -0.3 is 10.2 Å². The van der Waals surface area contributed by atoms with E-state index in [4.69, 9.17) is 21.8 Å². The number of nitrogens with zero attached hydrogens (tertiary/aromatic N) is 2. The van der Waals surface area contributed by atoms with Crippen LogP contribution in [0.5, 0.6) is 0 Å². The number of rotatable bonds is 1. The van der Waals surface area contributed by atoms with Gasteiger partial charge in [0.05, 0.1) is 5.52 Å². The van der Waals surface area contributed by atoms with Crippen LogP contribution in [0.4, 0.5) is 5.69 Å². The number of nitrogen functional groups attached to an aromatic ring is 1. The Morgan fingerprint density at radius 1 is 1.12 bits per heavy atom. The summed E-state index contributed by atoms with van der Waals surface area (Å²) >= 11 is 5.76. The van der Waals surface area contributed by atoms with Gasteiger partial charge in [-0.3, -0.25) is 0 Å². The topological polar surface area (TPSA) is 64.9 Å². The molecular weight excluding hydrogens is 238 g/mol. The Labute approximate surface area is 102 Å². The van der Waals surface area contributed by atoms with Crippen molar-refractivity contribution in [2.45, 2.75) is 0 Å². The number of furan rings is 1. The van der Waals surface area contributed by atoms with E-state index in [0.29, 0.717) is 22.4 Å². The Kier molecular flexibility index (Phi) is 2.23.